The Balaban J connectivity index is 1.96. The van der Waals surface area contributed by atoms with Gasteiger partial charge in [0, 0.05) is 5.69 Å². The lowest BCUT2D eigenvalue weighted by molar-refractivity contribution is 0.0525. The predicted molar refractivity (Wildman–Crippen MR) is 115 cm³/mol. The second-order valence-corrected chi connectivity index (χ2v) is 7.08. The fraction of sp³-hybridized carbons (Fsp3) is 0.250. The first-order chi connectivity index (χ1) is 14.8. The number of methoxy groups -OCH3 is 1. The largest absolute Gasteiger partial charge is 0.497 e. The number of benzene rings is 2. The molecule has 162 valence electrons. The molecule has 1 atom stereocenters. The Morgan fingerprint density at radius 1 is 1.03 bits per heavy atom. The fourth-order valence-electron chi connectivity index (χ4n) is 3.50. The van der Waals surface area contributed by atoms with Crippen molar-refractivity contribution in [2.75, 3.05) is 13.7 Å². The van der Waals surface area contributed by atoms with Crippen molar-refractivity contribution in [2.24, 2.45) is 0 Å². The number of halogens is 1. The molecular weight excluding hydrogens is 399 g/mol. The Labute approximate surface area is 180 Å². The number of rotatable bonds is 7. The summed E-state index contributed by atoms with van der Waals surface area (Å²) in [4.78, 5) is 28.4. The molecule has 7 heteroatoms. The number of aryl methyl sites for hydroxylation is 1. The number of ether oxygens (including phenoxy) is 2. The summed E-state index contributed by atoms with van der Waals surface area (Å²) in [5.74, 6) is -0.541. The Morgan fingerprint density at radius 3 is 2.16 bits per heavy atom. The summed E-state index contributed by atoms with van der Waals surface area (Å²) in [7, 11) is 1.58. The molecule has 3 rings (SSSR count). The first kappa shape index (κ1) is 22.1. The monoisotopic (exact) mass is 424 g/mol. The number of hydrogen-bond acceptors (Lipinski definition) is 4. The quantitative estimate of drug-likeness (QED) is 0.548. The van der Waals surface area contributed by atoms with Gasteiger partial charge >= 0.3 is 5.97 Å². The van der Waals surface area contributed by atoms with Crippen LogP contribution in [0.15, 0.2) is 48.5 Å². The molecule has 0 radical (unpaired) electrons. The van der Waals surface area contributed by atoms with E-state index in [1.54, 1.807) is 52.1 Å². The molecule has 1 unspecified atom stereocenters. The standard InChI is InChI=1S/C24H25FN2O4/c1-5-31-24(29)20-14(2)21(26-15(20)3)23(28)27-22(16-6-10-18(25)11-7-16)17-8-12-19(30-4)13-9-17/h6-13,22,26H,5H2,1-4H3,(H,27,28). The lowest BCUT2D eigenvalue weighted by atomic mass is 9.98. The molecular formula is C24H25FN2O4. The zero-order valence-electron chi connectivity index (χ0n) is 17.9. The van der Waals surface area contributed by atoms with Crippen molar-refractivity contribution in [2.45, 2.75) is 26.8 Å². The molecule has 2 N–H and O–H groups in total. The van der Waals surface area contributed by atoms with Crippen LogP contribution in [0.25, 0.3) is 0 Å². The van der Waals surface area contributed by atoms with Crippen molar-refractivity contribution in [1.29, 1.82) is 0 Å². The SMILES string of the molecule is CCOC(=O)c1c(C)[nH]c(C(=O)NC(c2ccc(F)cc2)c2ccc(OC)cc2)c1C. The number of amides is 1. The van der Waals surface area contributed by atoms with E-state index in [1.807, 2.05) is 12.1 Å². The minimum absolute atomic E-state index is 0.245. The number of aromatic amines is 1. The van der Waals surface area contributed by atoms with Crippen molar-refractivity contribution in [3.05, 3.63) is 88.0 Å². The molecule has 2 aromatic carbocycles. The van der Waals surface area contributed by atoms with Crippen LogP contribution in [0.4, 0.5) is 4.39 Å². The van der Waals surface area contributed by atoms with Crippen LogP contribution in [0.1, 0.15) is 56.2 Å². The molecule has 3 aromatic rings. The van der Waals surface area contributed by atoms with E-state index in [0.29, 0.717) is 28.1 Å². The van der Waals surface area contributed by atoms with Gasteiger partial charge < -0.3 is 19.8 Å². The molecule has 0 aliphatic rings. The molecule has 0 aliphatic carbocycles. The molecule has 0 saturated heterocycles. The fourth-order valence-corrected chi connectivity index (χ4v) is 3.50. The van der Waals surface area contributed by atoms with Crippen LogP contribution < -0.4 is 10.1 Å². The van der Waals surface area contributed by atoms with Crippen LogP contribution >= 0.6 is 0 Å². The highest BCUT2D eigenvalue weighted by atomic mass is 19.1. The highest BCUT2D eigenvalue weighted by Gasteiger charge is 2.25. The van der Waals surface area contributed by atoms with Gasteiger partial charge in [0.05, 0.1) is 25.3 Å². The van der Waals surface area contributed by atoms with E-state index in [0.717, 1.165) is 5.56 Å². The zero-order valence-corrected chi connectivity index (χ0v) is 17.9. The van der Waals surface area contributed by atoms with Crippen molar-refractivity contribution in [3.8, 4) is 5.75 Å². The second kappa shape index (κ2) is 9.47. The van der Waals surface area contributed by atoms with Crippen LogP contribution in [0.5, 0.6) is 5.75 Å². The lowest BCUT2D eigenvalue weighted by Gasteiger charge is -2.20. The normalized spacial score (nSPS) is 11.6. The molecule has 1 heterocycles. The van der Waals surface area contributed by atoms with Gasteiger partial charge in [0.25, 0.3) is 5.91 Å². The maximum absolute atomic E-state index is 13.5. The van der Waals surface area contributed by atoms with E-state index in [9.17, 15) is 14.0 Å². The third-order valence-electron chi connectivity index (χ3n) is 5.07. The van der Waals surface area contributed by atoms with E-state index in [1.165, 1.54) is 12.1 Å². The van der Waals surface area contributed by atoms with Gasteiger partial charge in [-0.2, -0.15) is 0 Å². The van der Waals surface area contributed by atoms with Crippen molar-refractivity contribution in [1.82, 2.24) is 10.3 Å². The van der Waals surface area contributed by atoms with Crippen LogP contribution in [0.3, 0.4) is 0 Å². The first-order valence-electron chi connectivity index (χ1n) is 9.92. The summed E-state index contributed by atoms with van der Waals surface area (Å²) in [6.07, 6.45) is 0. The number of hydrogen-bond donors (Lipinski definition) is 2. The van der Waals surface area contributed by atoms with Crippen LogP contribution in [-0.2, 0) is 4.74 Å². The minimum atomic E-state index is -0.534. The molecule has 6 nitrogen and oxygen atoms in total. The summed E-state index contributed by atoms with van der Waals surface area (Å²) < 4.78 is 23.8. The summed E-state index contributed by atoms with van der Waals surface area (Å²) in [5, 5.41) is 2.99. The van der Waals surface area contributed by atoms with E-state index in [-0.39, 0.29) is 24.0 Å². The van der Waals surface area contributed by atoms with Gasteiger partial charge in [-0.05, 0) is 61.7 Å². The third kappa shape index (κ3) is 4.77. The molecule has 1 aromatic heterocycles. The number of esters is 1. The van der Waals surface area contributed by atoms with Gasteiger partial charge in [-0.25, -0.2) is 9.18 Å². The Morgan fingerprint density at radius 2 is 1.61 bits per heavy atom. The molecule has 0 bridgehead atoms. The van der Waals surface area contributed by atoms with Crippen molar-refractivity contribution < 1.29 is 23.5 Å². The van der Waals surface area contributed by atoms with Crippen LogP contribution in [0, 0.1) is 19.7 Å². The predicted octanol–water partition coefficient (Wildman–Crippen LogP) is 4.48. The molecule has 0 fully saturated rings. The van der Waals surface area contributed by atoms with E-state index >= 15 is 0 Å². The number of nitrogens with one attached hydrogen (secondary N) is 2. The highest BCUT2D eigenvalue weighted by Crippen LogP contribution is 2.26. The van der Waals surface area contributed by atoms with Crippen molar-refractivity contribution in [3.63, 3.8) is 0 Å². The average Bonchev–Trinajstić information content (AvgIpc) is 3.07. The smallest absolute Gasteiger partial charge is 0.340 e. The average molecular weight is 424 g/mol. The van der Waals surface area contributed by atoms with E-state index < -0.39 is 12.0 Å². The minimum Gasteiger partial charge on any atom is -0.497 e. The highest BCUT2D eigenvalue weighted by molar-refractivity contribution is 6.00. The summed E-state index contributed by atoms with van der Waals surface area (Å²) in [6, 6.07) is 12.7. The van der Waals surface area contributed by atoms with Crippen molar-refractivity contribution >= 4 is 11.9 Å². The molecule has 0 aliphatic heterocycles. The van der Waals surface area contributed by atoms with Crippen LogP contribution in [-0.4, -0.2) is 30.6 Å². The molecule has 0 spiro atoms. The van der Waals surface area contributed by atoms with E-state index in [2.05, 4.69) is 10.3 Å². The van der Waals surface area contributed by atoms with Gasteiger partial charge in [0.1, 0.15) is 17.3 Å². The van der Waals surface area contributed by atoms with Gasteiger partial charge in [0.15, 0.2) is 0 Å². The molecule has 31 heavy (non-hydrogen) atoms. The summed E-state index contributed by atoms with van der Waals surface area (Å²) in [5.41, 5.74) is 3.22. The Hall–Kier alpha value is -3.61. The van der Waals surface area contributed by atoms with Gasteiger partial charge in [0.2, 0.25) is 0 Å². The maximum atomic E-state index is 13.5. The summed E-state index contributed by atoms with van der Waals surface area (Å²) in [6.45, 7) is 5.39. The lowest BCUT2D eigenvalue weighted by Crippen LogP contribution is -2.30. The summed E-state index contributed by atoms with van der Waals surface area (Å²) >= 11 is 0. The Kier molecular flexibility index (Phi) is 6.74. The maximum Gasteiger partial charge on any atom is 0.340 e. The topological polar surface area (TPSA) is 80.4 Å². The Bertz CT molecular complexity index is 1070. The number of H-pyrrole nitrogens is 1. The number of carbonyl (C=O) groups excluding carboxylic acids is 2. The zero-order chi connectivity index (χ0) is 22.5. The molecule has 0 saturated carbocycles. The second-order valence-electron chi connectivity index (χ2n) is 7.08. The number of carbonyl (C=O) groups is 2. The van der Waals surface area contributed by atoms with Gasteiger partial charge in [-0.3, -0.25) is 4.79 Å². The van der Waals surface area contributed by atoms with Gasteiger partial charge in [-0.1, -0.05) is 24.3 Å². The molecule has 1 amide bonds. The number of aromatic nitrogens is 1. The van der Waals surface area contributed by atoms with E-state index in [4.69, 9.17) is 9.47 Å². The van der Waals surface area contributed by atoms with Gasteiger partial charge in [-0.15, -0.1) is 0 Å². The third-order valence-corrected chi connectivity index (χ3v) is 5.07. The first-order valence-corrected chi connectivity index (χ1v) is 9.92. The van der Waals surface area contributed by atoms with Crippen LogP contribution in [0.2, 0.25) is 0 Å².